The first-order valence-corrected chi connectivity index (χ1v) is 4.98. The van der Waals surface area contributed by atoms with E-state index in [9.17, 15) is 0 Å². The first-order chi connectivity index (χ1) is 4.74. The van der Waals surface area contributed by atoms with Crippen molar-refractivity contribution in [3.05, 3.63) is 11.6 Å². The molecule has 0 nitrogen and oxygen atoms in total. The molecule has 1 aliphatic rings. The van der Waals surface area contributed by atoms with E-state index in [1.54, 1.807) is 5.57 Å². The van der Waals surface area contributed by atoms with Gasteiger partial charge >= 0.3 is 0 Å². The predicted octanol–water partition coefficient (Wildman–Crippen LogP) is 3.52. The Labute approximate surface area is 71.8 Å². The van der Waals surface area contributed by atoms with Gasteiger partial charge in [0.1, 0.15) is 0 Å². The highest BCUT2D eigenvalue weighted by atomic mass is 79.9. The Morgan fingerprint density at radius 2 is 2.40 bits per heavy atom. The Morgan fingerprint density at radius 1 is 1.70 bits per heavy atom. The molecule has 0 amide bonds. The van der Waals surface area contributed by atoms with Gasteiger partial charge in [-0.1, -0.05) is 41.4 Å². The lowest BCUT2D eigenvalue weighted by molar-refractivity contribution is 0.519. The summed E-state index contributed by atoms with van der Waals surface area (Å²) in [5.41, 5.74) is 1.60. The molecule has 1 heteroatoms. The van der Waals surface area contributed by atoms with Crippen LogP contribution in [0.15, 0.2) is 11.6 Å². The highest BCUT2D eigenvalue weighted by Gasteiger charge is 2.17. The number of hydrogen-bond donors (Lipinski definition) is 0. The van der Waals surface area contributed by atoms with Crippen molar-refractivity contribution in [1.29, 1.82) is 0 Å². The predicted molar refractivity (Wildman–Crippen MR) is 49.5 cm³/mol. The van der Waals surface area contributed by atoms with Crippen LogP contribution in [-0.2, 0) is 0 Å². The second kappa shape index (κ2) is 3.56. The fourth-order valence-electron chi connectivity index (χ4n) is 1.45. The van der Waals surface area contributed by atoms with Gasteiger partial charge in [0.15, 0.2) is 0 Å². The van der Waals surface area contributed by atoms with Gasteiger partial charge in [-0.15, -0.1) is 0 Å². The number of allylic oxidation sites excluding steroid dienone is 2. The average Bonchev–Trinajstić information content (AvgIpc) is 1.88. The Morgan fingerprint density at radius 3 is 2.90 bits per heavy atom. The van der Waals surface area contributed by atoms with Crippen LogP contribution < -0.4 is 0 Å². The summed E-state index contributed by atoms with van der Waals surface area (Å²) < 4.78 is 0. The molecule has 0 aromatic carbocycles. The maximum atomic E-state index is 3.69. The number of halogens is 1. The highest BCUT2D eigenvalue weighted by molar-refractivity contribution is 9.09. The molecular formula is C9H15Br. The Kier molecular flexibility index (Phi) is 2.96. The highest BCUT2D eigenvalue weighted by Crippen LogP contribution is 2.30. The third-order valence-corrected chi connectivity index (χ3v) is 3.16. The fourth-order valence-corrected chi connectivity index (χ4v) is 2.60. The second-order valence-electron chi connectivity index (χ2n) is 3.18. The smallest absolute Gasteiger partial charge is 0.0357 e. The summed E-state index contributed by atoms with van der Waals surface area (Å²) in [7, 11) is 0. The van der Waals surface area contributed by atoms with Crippen molar-refractivity contribution in [2.24, 2.45) is 5.92 Å². The summed E-state index contributed by atoms with van der Waals surface area (Å²) in [4.78, 5) is 0.668. The van der Waals surface area contributed by atoms with Crippen molar-refractivity contribution < 1.29 is 0 Å². The number of alkyl halides is 1. The van der Waals surface area contributed by atoms with Crippen LogP contribution in [0.1, 0.15) is 33.1 Å². The third kappa shape index (κ3) is 1.85. The lowest BCUT2D eigenvalue weighted by atomic mass is 9.90. The Bertz CT molecular complexity index is 138. The van der Waals surface area contributed by atoms with Gasteiger partial charge in [0.2, 0.25) is 0 Å². The summed E-state index contributed by atoms with van der Waals surface area (Å²) in [6.07, 6.45) is 6.21. The van der Waals surface area contributed by atoms with Crippen LogP contribution >= 0.6 is 15.9 Å². The van der Waals surface area contributed by atoms with Crippen LogP contribution in [0.3, 0.4) is 0 Å². The molecule has 2 unspecified atom stereocenters. The summed E-state index contributed by atoms with van der Waals surface area (Å²) in [6, 6.07) is 0. The number of hydrogen-bond acceptors (Lipinski definition) is 0. The molecule has 0 aromatic heterocycles. The van der Waals surface area contributed by atoms with Crippen molar-refractivity contribution in [2.45, 2.75) is 37.9 Å². The minimum absolute atomic E-state index is 0.668. The quantitative estimate of drug-likeness (QED) is 0.451. The van der Waals surface area contributed by atoms with E-state index < -0.39 is 0 Å². The van der Waals surface area contributed by atoms with Crippen molar-refractivity contribution in [3.8, 4) is 0 Å². The minimum Gasteiger partial charge on any atom is -0.0842 e. The first kappa shape index (κ1) is 8.32. The van der Waals surface area contributed by atoms with Crippen LogP contribution in [0.5, 0.6) is 0 Å². The SMILES string of the molecule is CCC1=CCC(C)CC1Br. The minimum atomic E-state index is 0.668. The van der Waals surface area contributed by atoms with Gasteiger partial charge in [0.05, 0.1) is 0 Å². The van der Waals surface area contributed by atoms with Gasteiger partial charge in [-0.2, -0.15) is 0 Å². The second-order valence-corrected chi connectivity index (χ2v) is 4.28. The maximum absolute atomic E-state index is 3.69. The number of rotatable bonds is 1. The van der Waals surface area contributed by atoms with Crippen LogP contribution in [0.25, 0.3) is 0 Å². The van der Waals surface area contributed by atoms with E-state index in [1.165, 1.54) is 19.3 Å². The fraction of sp³-hybridized carbons (Fsp3) is 0.778. The molecule has 2 atom stereocenters. The zero-order chi connectivity index (χ0) is 7.56. The Hall–Kier alpha value is 0.220. The lowest BCUT2D eigenvalue weighted by Gasteiger charge is -2.22. The van der Waals surface area contributed by atoms with Gasteiger partial charge in [0, 0.05) is 4.83 Å². The summed E-state index contributed by atoms with van der Waals surface area (Å²) in [5.74, 6) is 0.875. The van der Waals surface area contributed by atoms with Crippen LogP contribution in [0.4, 0.5) is 0 Å². The van der Waals surface area contributed by atoms with Crippen LogP contribution in [-0.4, -0.2) is 4.83 Å². The van der Waals surface area contributed by atoms with Gasteiger partial charge in [0.25, 0.3) is 0 Å². The standard InChI is InChI=1S/C9H15Br/c1-3-8-5-4-7(2)6-9(8)10/h5,7,9H,3-4,6H2,1-2H3. The normalized spacial score (nSPS) is 33.7. The summed E-state index contributed by atoms with van der Waals surface area (Å²) in [6.45, 7) is 4.55. The van der Waals surface area contributed by atoms with Crippen molar-refractivity contribution >= 4 is 15.9 Å². The van der Waals surface area contributed by atoms with Gasteiger partial charge in [-0.3, -0.25) is 0 Å². The molecule has 0 fully saturated rings. The van der Waals surface area contributed by atoms with E-state index in [2.05, 4.69) is 35.9 Å². The molecule has 0 spiro atoms. The molecule has 1 aliphatic carbocycles. The molecule has 0 aromatic rings. The molecule has 0 aliphatic heterocycles. The molecule has 1 rings (SSSR count). The lowest BCUT2D eigenvalue weighted by Crippen LogP contribution is -2.12. The topological polar surface area (TPSA) is 0 Å². The van der Waals surface area contributed by atoms with Crippen molar-refractivity contribution in [3.63, 3.8) is 0 Å². The van der Waals surface area contributed by atoms with Crippen LogP contribution in [0.2, 0.25) is 0 Å². The van der Waals surface area contributed by atoms with E-state index in [4.69, 9.17) is 0 Å². The maximum Gasteiger partial charge on any atom is 0.0357 e. The summed E-state index contributed by atoms with van der Waals surface area (Å²) >= 11 is 3.69. The largest absolute Gasteiger partial charge is 0.0842 e. The van der Waals surface area contributed by atoms with Crippen molar-refractivity contribution in [2.75, 3.05) is 0 Å². The van der Waals surface area contributed by atoms with Gasteiger partial charge < -0.3 is 0 Å². The molecule has 0 saturated heterocycles. The van der Waals surface area contributed by atoms with E-state index in [0.29, 0.717) is 4.83 Å². The molecular weight excluding hydrogens is 188 g/mol. The average molecular weight is 203 g/mol. The van der Waals surface area contributed by atoms with Gasteiger partial charge in [-0.05, 0) is 25.2 Å². The van der Waals surface area contributed by atoms with Crippen molar-refractivity contribution in [1.82, 2.24) is 0 Å². The molecule has 0 heterocycles. The van der Waals surface area contributed by atoms with E-state index in [1.807, 2.05) is 0 Å². The van der Waals surface area contributed by atoms with Crippen LogP contribution in [0, 0.1) is 5.92 Å². The molecule has 10 heavy (non-hydrogen) atoms. The molecule has 0 N–H and O–H groups in total. The zero-order valence-corrected chi connectivity index (χ0v) is 8.32. The molecule has 0 radical (unpaired) electrons. The monoisotopic (exact) mass is 202 g/mol. The van der Waals surface area contributed by atoms with E-state index in [-0.39, 0.29) is 0 Å². The zero-order valence-electron chi connectivity index (χ0n) is 6.73. The molecule has 58 valence electrons. The summed E-state index contributed by atoms with van der Waals surface area (Å²) in [5, 5.41) is 0. The first-order valence-electron chi connectivity index (χ1n) is 4.07. The van der Waals surface area contributed by atoms with E-state index >= 15 is 0 Å². The Balaban J connectivity index is 2.57. The third-order valence-electron chi connectivity index (χ3n) is 2.20. The van der Waals surface area contributed by atoms with Gasteiger partial charge in [-0.25, -0.2) is 0 Å². The van der Waals surface area contributed by atoms with E-state index in [0.717, 1.165) is 5.92 Å². The molecule has 0 saturated carbocycles. The molecule has 0 bridgehead atoms.